The molecular formula is C23H22N2O5S. The number of rotatable bonds is 5. The molecule has 1 aromatic carbocycles. The fourth-order valence-electron chi connectivity index (χ4n) is 3.64. The summed E-state index contributed by atoms with van der Waals surface area (Å²) in [5.41, 5.74) is 1.25. The van der Waals surface area contributed by atoms with Crippen LogP contribution < -0.4 is 19.6 Å². The zero-order valence-electron chi connectivity index (χ0n) is 17.7. The number of carbonyl (C=O) groups excluding carboxylic acids is 1. The van der Waals surface area contributed by atoms with Gasteiger partial charge in [-0.05, 0) is 39.0 Å². The lowest BCUT2D eigenvalue weighted by Gasteiger charge is -2.25. The third-order valence-corrected chi connectivity index (χ3v) is 5.97. The maximum absolute atomic E-state index is 13.5. The molecule has 31 heavy (non-hydrogen) atoms. The van der Waals surface area contributed by atoms with E-state index in [4.69, 9.17) is 13.9 Å². The molecule has 0 saturated heterocycles. The van der Waals surface area contributed by atoms with Crippen molar-refractivity contribution < 1.29 is 18.7 Å². The summed E-state index contributed by atoms with van der Waals surface area (Å²) >= 11 is 1.25. The fourth-order valence-corrected chi connectivity index (χ4v) is 4.66. The van der Waals surface area contributed by atoms with E-state index in [1.165, 1.54) is 15.9 Å². The van der Waals surface area contributed by atoms with Crippen molar-refractivity contribution in [1.29, 1.82) is 0 Å². The molecule has 1 unspecified atom stereocenters. The Morgan fingerprint density at radius 2 is 2.03 bits per heavy atom. The first-order valence-electron chi connectivity index (χ1n) is 9.83. The number of furan rings is 1. The quantitative estimate of drug-likeness (QED) is 0.572. The number of aryl methyl sites for hydroxylation is 1. The number of para-hydroxylation sites is 1. The molecule has 160 valence electrons. The van der Waals surface area contributed by atoms with E-state index in [1.807, 2.05) is 31.2 Å². The molecule has 0 bridgehead atoms. The first-order chi connectivity index (χ1) is 14.9. The van der Waals surface area contributed by atoms with Crippen molar-refractivity contribution in [2.45, 2.75) is 26.8 Å². The molecule has 8 heteroatoms. The van der Waals surface area contributed by atoms with Gasteiger partial charge >= 0.3 is 5.97 Å². The van der Waals surface area contributed by atoms with Gasteiger partial charge in [0, 0.05) is 11.6 Å². The van der Waals surface area contributed by atoms with E-state index in [1.54, 1.807) is 39.2 Å². The Morgan fingerprint density at radius 3 is 2.71 bits per heavy atom. The number of carbonyl (C=O) groups is 1. The lowest BCUT2D eigenvalue weighted by molar-refractivity contribution is -0.139. The molecule has 0 aliphatic carbocycles. The number of thiazole rings is 1. The Labute approximate surface area is 182 Å². The Bertz CT molecular complexity index is 1360. The zero-order chi connectivity index (χ0) is 22.1. The maximum Gasteiger partial charge on any atom is 0.338 e. The molecular weight excluding hydrogens is 416 g/mol. The highest BCUT2D eigenvalue weighted by Crippen LogP contribution is 2.35. The highest BCUT2D eigenvalue weighted by Gasteiger charge is 2.34. The molecule has 2 aromatic heterocycles. The van der Waals surface area contributed by atoms with Gasteiger partial charge in [-0.15, -0.1) is 0 Å². The first-order valence-corrected chi connectivity index (χ1v) is 10.6. The van der Waals surface area contributed by atoms with Crippen molar-refractivity contribution >= 4 is 23.4 Å². The molecule has 1 atom stereocenters. The van der Waals surface area contributed by atoms with Gasteiger partial charge in [-0.1, -0.05) is 29.5 Å². The second-order valence-electron chi connectivity index (χ2n) is 6.99. The van der Waals surface area contributed by atoms with Gasteiger partial charge in [0.15, 0.2) is 4.80 Å². The van der Waals surface area contributed by atoms with Gasteiger partial charge in [-0.25, -0.2) is 9.79 Å². The van der Waals surface area contributed by atoms with Crippen LogP contribution in [-0.2, 0) is 9.53 Å². The average Bonchev–Trinajstić information content (AvgIpc) is 3.29. The van der Waals surface area contributed by atoms with Crippen LogP contribution in [0, 0.1) is 6.92 Å². The highest BCUT2D eigenvalue weighted by molar-refractivity contribution is 7.07. The minimum absolute atomic E-state index is 0.219. The van der Waals surface area contributed by atoms with Crippen molar-refractivity contribution in [1.82, 2.24) is 4.57 Å². The second kappa shape index (κ2) is 8.39. The largest absolute Gasteiger partial charge is 0.496 e. The van der Waals surface area contributed by atoms with E-state index < -0.39 is 12.0 Å². The third kappa shape index (κ3) is 3.74. The Balaban J connectivity index is 2.00. The lowest BCUT2D eigenvalue weighted by Crippen LogP contribution is -2.40. The number of aromatic nitrogens is 1. The first kappa shape index (κ1) is 20.9. The van der Waals surface area contributed by atoms with Crippen LogP contribution in [0.2, 0.25) is 0 Å². The maximum atomic E-state index is 13.5. The van der Waals surface area contributed by atoms with E-state index in [-0.39, 0.29) is 12.2 Å². The highest BCUT2D eigenvalue weighted by atomic mass is 32.1. The van der Waals surface area contributed by atoms with Crippen LogP contribution in [0.5, 0.6) is 5.75 Å². The summed E-state index contributed by atoms with van der Waals surface area (Å²) in [6, 6.07) is 10.3. The molecule has 3 heterocycles. The summed E-state index contributed by atoms with van der Waals surface area (Å²) in [7, 11) is 1.56. The fraction of sp³-hybridized carbons (Fsp3) is 0.261. The molecule has 0 saturated carbocycles. The van der Waals surface area contributed by atoms with Gasteiger partial charge in [0.25, 0.3) is 5.56 Å². The van der Waals surface area contributed by atoms with E-state index in [2.05, 4.69) is 4.99 Å². The van der Waals surface area contributed by atoms with Crippen LogP contribution in [0.1, 0.15) is 37.0 Å². The van der Waals surface area contributed by atoms with Crippen LogP contribution in [0.25, 0.3) is 6.08 Å². The number of fused-ring (bicyclic) bond motifs is 1. The van der Waals surface area contributed by atoms with Crippen LogP contribution in [-0.4, -0.2) is 24.3 Å². The number of hydrogen-bond donors (Lipinski definition) is 0. The number of ether oxygens (including phenoxy) is 2. The van der Waals surface area contributed by atoms with Crippen LogP contribution in [0.3, 0.4) is 0 Å². The monoisotopic (exact) mass is 438 g/mol. The Morgan fingerprint density at radius 1 is 1.26 bits per heavy atom. The van der Waals surface area contributed by atoms with Crippen molar-refractivity contribution in [2.75, 3.05) is 13.7 Å². The molecule has 7 nitrogen and oxygen atoms in total. The minimum atomic E-state index is -0.716. The summed E-state index contributed by atoms with van der Waals surface area (Å²) in [5.74, 6) is 1.40. The average molecular weight is 439 g/mol. The van der Waals surface area contributed by atoms with Gasteiger partial charge in [-0.2, -0.15) is 0 Å². The predicted octanol–water partition coefficient (Wildman–Crippen LogP) is 2.71. The Kier molecular flexibility index (Phi) is 5.65. The normalized spacial score (nSPS) is 16.1. The SMILES string of the molecule is CCOC(=O)C1=C(C)N=c2s/c(=C\c3ccc(C)o3)c(=O)n2C1c1ccccc1OC. The topological polar surface area (TPSA) is 83.0 Å². The molecule has 0 fully saturated rings. The van der Waals surface area contributed by atoms with E-state index >= 15 is 0 Å². The molecule has 3 aromatic rings. The summed E-state index contributed by atoms with van der Waals surface area (Å²) < 4.78 is 18.4. The van der Waals surface area contributed by atoms with Crippen molar-refractivity contribution in [3.63, 3.8) is 0 Å². The van der Waals surface area contributed by atoms with Gasteiger partial charge in [-0.3, -0.25) is 9.36 Å². The minimum Gasteiger partial charge on any atom is -0.496 e. The van der Waals surface area contributed by atoms with Gasteiger partial charge in [0.05, 0.1) is 29.5 Å². The Hall–Kier alpha value is -3.39. The van der Waals surface area contributed by atoms with Gasteiger partial charge in [0.1, 0.15) is 23.3 Å². The number of methoxy groups -OCH3 is 1. The molecule has 0 spiro atoms. The molecule has 1 aliphatic heterocycles. The van der Waals surface area contributed by atoms with Crippen LogP contribution in [0.15, 0.2) is 61.9 Å². The molecule has 0 N–H and O–H groups in total. The van der Waals surface area contributed by atoms with Crippen LogP contribution >= 0.6 is 11.3 Å². The van der Waals surface area contributed by atoms with Crippen molar-refractivity contribution in [2.24, 2.45) is 4.99 Å². The van der Waals surface area contributed by atoms with E-state index in [0.29, 0.717) is 37.7 Å². The summed E-state index contributed by atoms with van der Waals surface area (Å²) in [6.45, 7) is 5.56. The van der Waals surface area contributed by atoms with Crippen molar-refractivity contribution in [3.05, 3.63) is 84.4 Å². The number of nitrogens with zero attached hydrogens (tertiary/aromatic N) is 2. The van der Waals surface area contributed by atoms with E-state index in [0.717, 1.165) is 5.76 Å². The number of hydrogen-bond acceptors (Lipinski definition) is 7. The predicted molar refractivity (Wildman–Crippen MR) is 117 cm³/mol. The van der Waals surface area contributed by atoms with Gasteiger partial charge < -0.3 is 13.9 Å². The van der Waals surface area contributed by atoms with Crippen molar-refractivity contribution in [3.8, 4) is 5.75 Å². The third-order valence-electron chi connectivity index (χ3n) is 4.99. The van der Waals surface area contributed by atoms with Crippen LogP contribution in [0.4, 0.5) is 0 Å². The number of esters is 1. The molecule has 1 aliphatic rings. The lowest BCUT2D eigenvalue weighted by atomic mass is 9.95. The number of allylic oxidation sites excluding steroid dienone is 1. The van der Waals surface area contributed by atoms with Gasteiger partial charge in [0.2, 0.25) is 0 Å². The molecule has 4 rings (SSSR count). The summed E-state index contributed by atoms with van der Waals surface area (Å²) in [6.07, 6.45) is 1.69. The van der Waals surface area contributed by atoms with E-state index in [9.17, 15) is 9.59 Å². The molecule has 0 amide bonds. The smallest absolute Gasteiger partial charge is 0.338 e. The summed E-state index contributed by atoms with van der Waals surface area (Å²) in [5, 5.41) is 0. The second-order valence-corrected chi connectivity index (χ2v) is 8.00. The molecule has 0 radical (unpaired) electrons. The number of benzene rings is 1. The standard InChI is InChI=1S/C23H22N2O5S/c1-5-29-22(27)19-14(3)24-23-25(20(19)16-8-6-7-9-17(16)28-4)21(26)18(31-23)12-15-11-10-13(2)30-15/h6-12,20H,5H2,1-4H3/b18-12-. The zero-order valence-corrected chi connectivity index (χ0v) is 18.5. The summed E-state index contributed by atoms with van der Waals surface area (Å²) in [4.78, 5) is 31.4.